The van der Waals surface area contributed by atoms with E-state index in [-0.39, 0.29) is 11.5 Å². The smallest absolute Gasteiger partial charge is 0.259 e. The molecule has 98 valence electrons. The van der Waals surface area contributed by atoms with E-state index < -0.39 is 0 Å². The summed E-state index contributed by atoms with van der Waals surface area (Å²) in [5.41, 5.74) is 0.839. The molecule has 0 fully saturated rings. The van der Waals surface area contributed by atoms with Gasteiger partial charge in [-0.05, 0) is 18.2 Å². The maximum Gasteiger partial charge on any atom is 0.259 e. The largest absolute Gasteiger partial charge is 0.495 e. The summed E-state index contributed by atoms with van der Waals surface area (Å²) in [4.78, 5) is 27.2. The SMILES string of the molecule is COc1ccccc1N(C)C(=O)c1ccc(=O)[nH]c1. The minimum atomic E-state index is -0.239. The molecule has 1 aromatic carbocycles. The maximum atomic E-state index is 12.3. The van der Waals surface area contributed by atoms with Crippen molar-refractivity contribution in [1.29, 1.82) is 0 Å². The minimum Gasteiger partial charge on any atom is -0.495 e. The molecule has 1 amide bonds. The van der Waals surface area contributed by atoms with Crippen LogP contribution in [0.2, 0.25) is 0 Å². The number of aromatic nitrogens is 1. The number of nitrogens with one attached hydrogen (secondary N) is 1. The van der Waals surface area contributed by atoms with Gasteiger partial charge in [0.1, 0.15) is 5.75 Å². The number of benzene rings is 1. The molecule has 0 aliphatic rings. The highest BCUT2D eigenvalue weighted by molar-refractivity contribution is 6.06. The predicted octanol–water partition coefficient (Wildman–Crippen LogP) is 1.66. The van der Waals surface area contributed by atoms with Crippen LogP contribution >= 0.6 is 0 Å². The summed E-state index contributed by atoms with van der Waals surface area (Å²) in [6.45, 7) is 0. The van der Waals surface area contributed by atoms with Gasteiger partial charge in [0.05, 0.1) is 18.4 Å². The maximum absolute atomic E-state index is 12.3. The highest BCUT2D eigenvalue weighted by Gasteiger charge is 2.16. The van der Waals surface area contributed by atoms with Crippen LogP contribution in [0.15, 0.2) is 47.4 Å². The Hall–Kier alpha value is -2.56. The van der Waals surface area contributed by atoms with E-state index in [9.17, 15) is 9.59 Å². The Morgan fingerprint density at radius 1 is 1.21 bits per heavy atom. The minimum absolute atomic E-state index is 0.222. The molecule has 1 aromatic heterocycles. The van der Waals surface area contributed by atoms with Gasteiger partial charge in [0.25, 0.3) is 5.91 Å². The Bertz CT molecular complexity index is 629. The fourth-order valence-electron chi connectivity index (χ4n) is 1.75. The molecule has 0 spiro atoms. The lowest BCUT2D eigenvalue weighted by molar-refractivity contribution is 0.0992. The van der Waals surface area contributed by atoms with Gasteiger partial charge in [0.15, 0.2) is 0 Å². The number of hydrogen-bond acceptors (Lipinski definition) is 3. The van der Waals surface area contributed by atoms with E-state index in [0.717, 1.165) is 0 Å². The quantitative estimate of drug-likeness (QED) is 0.910. The molecule has 0 aliphatic heterocycles. The van der Waals surface area contributed by atoms with Crippen LogP contribution < -0.4 is 15.2 Å². The number of aromatic amines is 1. The standard InChI is InChI=1S/C14H14N2O3/c1-16(11-5-3-4-6-12(11)19-2)14(18)10-7-8-13(17)15-9-10/h3-9H,1-2H3,(H,15,17). The highest BCUT2D eigenvalue weighted by Crippen LogP contribution is 2.27. The van der Waals surface area contributed by atoms with Gasteiger partial charge in [-0.15, -0.1) is 0 Å². The lowest BCUT2D eigenvalue weighted by Crippen LogP contribution is -2.27. The molecule has 1 heterocycles. The average molecular weight is 258 g/mol. The van der Waals surface area contributed by atoms with Crippen molar-refractivity contribution < 1.29 is 9.53 Å². The lowest BCUT2D eigenvalue weighted by atomic mass is 10.2. The van der Waals surface area contributed by atoms with Crippen LogP contribution in [0.25, 0.3) is 0 Å². The number of ether oxygens (including phenoxy) is 1. The molecule has 2 aromatic rings. The van der Waals surface area contributed by atoms with Crippen molar-refractivity contribution in [3.63, 3.8) is 0 Å². The van der Waals surface area contributed by atoms with Crippen LogP contribution in [-0.4, -0.2) is 25.0 Å². The van der Waals surface area contributed by atoms with Gasteiger partial charge in [-0.25, -0.2) is 0 Å². The van der Waals surface area contributed by atoms with Crippen LogP contribution in [0.1, 0.15) is 10.4 Å². The monoisotopic (exact) mass is 258 g/mol. The zero-order valence-corrected chi connectivity index (χ0v) is 10.7. The van der Waals surface area contributed by atoms with E-state index in [1.54, 1.807) is 26.3 Å². The molecule has 0 unspecified atom stereocenters. The third-order valence-electron chi connectivity index (χ3n) is 2.78. The Morgan fingerprint density at radius 3 is 2.58 bits per heavy atom. The first kappa shape index (κ1) is 12.9. The third-order valence-corrected chi connectivity index (χ3v) is 2.78. The number of nitrogens with zero attached hydrogens (tertiary/aromatic N) is 1. The number of hydrogen-bond donors (Lipinski definition) is 1. The first-order chi connectivity index (χ1) is 9.13. The van der Waals surface area contributed by atoms with Crippen molar-refractivity contribution in [3.05, 3.63) is 58.5 Å². The van der Waals surface area contributed by atoms with Gasteiger partial charge >= 0.3 is 0 Å². The van der Waals surface area contributed by atoms with Gasteiger partial charge < -0.3 is 14.6 Å². The molecule has 5 nitrogen and oxygen atoms in total. The van der Waals surface area contributed by atoms with E-state index in [2.05, 4.69) is 4.98 Å². The summed E-state index contributed by atoms with van der Waals surface area (Å²) in [6.07, 6.45) is 1.40. The van der Waals surface area contributed by atoms with Crippen molar-refractivity contribution >= 4 is 11.6 Å². The molecular weight excluding hydrogens is 244 g/mol. The second kappa shape index (κ2) is 5.39. The number of anilines is 1. The van der Waals surface area contributed by atoms with Crippen LogP contribution in [0.4, 0.5) is 5.69 Å². The molecule has 1 N–H and O–H groups in total. The summed E-state index contributed by atoms with van der Waals surface area (Å²) < 4.78 is 5.22. The average Bonchev–Trinajstić information content (AvgIpc) is 2.46. The van der Waals surface area contributed by atoms with Gasteiger partial charge in [0.2, 0.25) is 5.56 Å². The Kier molecular flexibility index (Phi) is 3.66. The van der Waals surface area contributed by atoms with Gasteiger partial charge in [-0.1, -0.05) is 12.1 Å². The summed E-state index contributed by atoms with van der Waals surface area (Å²) in [5.74, 6) is 0.392. The number of H-pyrrole nitrogens is 1. The molecule has 0 saturated carbocycles. The molecule has 0 atom stereocenters. The number of rotatable bonds is 3. The molecule has 0 aliphatic carbocycles. The van der Waals surface area contributed by atoms with E-state index in [1.165, 1.54) is 23.2 Å². The number of carbonyl (C=O) groups is 1. The van der Waals surface area contributed by atoms with E-state index in [0.29, 0.717) is 17.0 Å². The Labute approximate surface area is 110 Å². The fourth-order valence-corrected chi connectivity index (χ4v) is 1.75. The predicted molar refractivity (Wildman–Crippen MR) is 72.8 cm³/mol. The molecule has 2 rings (SSSR count). The van der Waals surface area contributed by atoms with Crippen LogP contribution in [-0.2, 0) is 0 Å². The third kappa shape index (κ3) is 2.65. The number of amides is 1. The number of pyridine rings is 1. The summed E-state index contributed by atoms with van der Waals surface area (Å²) in [7, 11) is 3.21. The van der Waals surface area contributed by atoms with Crippen molar-refractivity contribution in [2.45, 2.75) is 0 Å². The first-order valence-corrected chi connectivity index (χ1v) is 5.73. The second-order valence-electron chi connectivity index (χ2n) is 3.98. The zero-order valence-electron chi connectivity index (χ0n) is 10.7. The zero-order chi connectivity index (χ0) is 13.8. The van der Waals surface area contributed by atoms with Crippen molar-refractivity contribution in [1.82, 2.24) is 4.98 Å². The summed E-state index contributed by atoms with van der Waals surface area (Å²) >= 11 is 0. The van der Waals surface area contributed by atoms with Crippen LogP contribution in [0.5, 0.6) is 5.75 Å². The molecular formula is C14H14N2O3. The van der Waals surface area contributed by atoms with E-state index >= 15 is 0 Å². The molecule has 0 bridgehead atoms. The Balaban J connectivity index is 2.33. The van der Waals surface area contributed by atoms with E-state index in [1.807, 2.05) is 12.1 Å². The number of methoxy groups -OCH3 is 1. The van der Waals surface area contributed by atoms with Crippen molar-refractivity contribution in [2.24, 2.45) is 0 Å². The number of para-hydroxylation sites is 2. The van der Waals surface area contributed by atoms with Crippen molar-refractivity contribution in [2.75, 3.05) is 19.1 Å². The molecule has 19 heavy (non-hydrogen) atoms. The molecule has 5 heteroatoms. The van der Waals surface area contributed by atoms with E-state index in [4.69, 9.17) is 4.74 Å². The van der Waals surface area contributed by atoms with Crippen LogP contribution in [0, 0.1) is 0 Å². The molecule has 0 radical (unpaired) electrons. The Morgan fingerprint density at radius 2 is 1.95 bits per heavy atom. The van der Waals surface area contributed by atoms with Crippen molar-refractivity contribution in [3.8, 4) is 5.75 Å². The lowest BCUT2D eigenvalue weighted by Gasteiger charge is -2.19. The summed E-state index contributed by atoms with van der Waals surface area (Å²) in [5, 5.41) is 0. The molecule has 0 saturated heterocycles. The summed E-state index contributed by atoms with van der Waals surface area (Å²) in [6, 6.07) is 10.1. The highest BCUT2D eigenvalue weighted by atomic mass is 16.5. The first-order valence-electron chi connectivity index (χ1n) is 5.73. The van der Waals surface area contributed by atoms with Crippen LogP contribution in [0.3, 0.4) is 0 Å². The fraction of sp³-hybridized carbons (Fsp3) is 0.143. The second-order valence-corrected chi connectivity index (χ2v) is 3.98. The normalized spacial score (nSPS) is 10.0. The topological polar surface area (TPSA) is 62.4 Å². The van der Waals surface area contributed by atoms with Gasteiger partial charge in [-0.2, -0.15) is 0 Å². The van der Waals surface area contributed by atoms with Gasteiger partial charge in [-0.3, -0.25) is 9.59 Å². The number of carbonyl (C=O) groups excluding carboxylic acids is 1. The van der Waals surface area contributed by atoms with Gasteiger partial charge in [0, 0.05) is 19.3 Å².